The lowest BCUT2D eigenvalue weighted by atomic mass is 9.82. The molecule has 0 aromatic rings. The van der Waals surface area contributed by atoms with Gasteiger partial charge in [0.2, 0.25) is 12.5 Å². The second-order valence-corrected chi connectivity index (χ2v) is 3.84. The summed E-state index contributed by atoms with van der Waals surface area (Å²) >= 11 is 0. The third-order valence-corrected chi connectivity index (χ3v) is 2.87. The fourth-order valence-electron chi connectivity index (χ4n) is 2.00. The predicted octanol–water partition coefficient (Wildman–Crippen LogP) is 0.875. The molecule has 1 amide bonds. The highest BCUT2D eigenvalue weighted by atomic mass is 16.1. The van der Waals surface area contributed by atoms with Gasteiger partial charge in [-0.1, -0.05) is 0 Å². The second kappa shape index (κ2) is 6.33. The molecular weight excluding hydrogens is 180 g/mol. The average molecular weight is 196 g/mol. The number of amides is 1. The number of hydrogen-bond donors (Lipinski definition) is 1. The molecule has 0 aromatic carbocycles. The zero-order valence-electron chi connectivity index (χ0n) is 8.24. The van der Waals surface area contributed by atoms with E-state index in [1.165, 1.54) is 0 Å². The molecule has 1 fully saturated rings. The van der Waals surface area contributed by atoms with Crippen LogP contribution in [0.3, 0.4) is 0 Å². The van der Waals surface area contributed by atoms with Crippen LogP contribution in [-0.2, 0) is 9.59 Å². The van der Waals surface area contributed by atoms with E-state index in [0.29, 0.717) is 18.4 Å². The summed E-state index contributed by atoms with van der Waals surface area (Å²) in [4.78, 5) is 23.6. The van der Waals surface area contributed by atoms with Crippen molar-refractivity contribution in [2.75, 3.05) is 13.1 Å². The Hall–Kier alpha value is -1.15. The normalized spacial score (nSPS) is 26.3. The molecule has 1 aliphatic rings. The second-order valence-electron chi connectivity index (χ2n) is 3.84. The van der Waals surface area contributed by atoms with Gasteiger partial charge in [0.25, 0.3) is 0 Å². The molecule has 14 heavy (non-hydrogen) atoms. The maximum absolute atomic E-state index is 10.1. The predicted molar refractivity (Wildman–Crippen MR) is 52.5 cm³/mol. The van der Waals surface area contributed by atoms with Crippen molar-refractivity contribution >= 4 is 12.5 Å². The number of aliphatic imine (C=N–C) groups is 1. The number of nitrogens with one attached hydrogen (secondary N) is 1. The molecule has 1 aliphatic carbocycles. The first-order chi connectivity index (χ1) is 6.86. The Morgan fingerprint density at radius 2 is 1.93 bits per heavy atom. The molecule has 0 radical (unpaired) electrons. The van der Waals surface area contributed by atoms with Crippen LogP contribution in [0.15, 0.2) is 4.99 Å². The Labute approximate surface area is 83.8 Å². The van der Waals surface area contributed by atoms with E-state index < -0.39 is 0 Å². The summed E-state index contributed by atoms with van der Waals surface area (Å²) in [6.07, 6.45) is 6.79. The van der Waals surface area contributed by atoms with Crippen LogP contribution in [0.25, 0.3) is 0 Å². The molecule has 4 nitrogen and oxygen atoms in total. The van der Waals surface area contributed by atoms with Crippen molar-refractivity contribution in [3.8, 4) is 0 Å². The molecular formula is C10H16N2O2. The highest BCUT2D eigenvalue weighted by Gasteiger charge is 2.20. The molecule has 0 heterocycles. The van der Waals surface area contributed by atoms with Gasteiger partial charge in [0.15, 0.2) is 0 Å². The van der Waals surface area contributed by atoms with E-state index in [-0.39, 0.29) is 0 Å². The van der Waals surface area contributed by atoms with E-state index in [4.69, 9.17) is 0 Å². The van der Waals surface area contributed by atoms with E-state index in [2.05, 4.69) is 10.3 Å². The van der Waals surface area contributed by atoms with Crippen LogP contribution in [0, 0.1) is 11.8 Å². The molecule has 0 bridgehead atoms. The summed E-state index contributed by atoms with van der Waals surface area (Å²) in [5.41, 5.74) is 0. The molecule has 1 rings (SSSR count). The van der Waals surface area contributed by atoms with Gasteiger partial charge in [-0.15, -0.1) is 0 Å². The van der Waals surface area contributed by atoms with E-state index in [9.17, 15) is 9.59 Å². The smallest absolute Gasteiger partial charge is 0.234 e. The average Bonchev–Trinajstić information content (AvgIpc) is 2.25. The van der Waals surface area contributed by atoms with Gasteiger partial charge >= 0.3 is 0 Å². The highest BCUT2D eigenvalue weighted by Crippen LogP contribution is 2.28. The van der Waals surface area contributed by atoms with E-state index >= 15 is 0 Å². The van der Waals surface area contributed by atoms with Crippen LogP contribution in [0.1, 0.15) is 25.7 Å². The standard InChI is InChI=1S/C10H16N2O2/c13-7-11-5-9-1-2-10(4-3-9)6-12-8-14/h7,9-10H,1-6H2,(H,11,13). The Bertz CT molecular complexity index is 216. The number of rotatable bonds is 5. The number of hydrogen-bond acceptors (Lipinski definition) is 3. The molecule has 0 aliphatic heterocycles. The van der Waals surface area contributed by atoms with Crippen molar-refractivity contribution in [3.05, 3.63) is 0 Å². The molecule has 0 unspecified atom stereocenters. The topological polar surface area (TPSA) is 58.5 Å². The van der Waals surface area contributed by atoms with Crippen LogP contribution in [0.2, 0.25) is 0 Å². The summed E-state index contributed by atoms with van der Waals surface area (Å²) in [6, 6.07) is 0. The number of carbonyl (C=O) groups is 1. The van der Waals surface area contributed by atoms with Gasteiger partial charge in [0.1, 0.15) is 0 Å². The summed E-state index contributed by atoms with van der Waals surface area (Å²) in [7, 11) is 0. The Kier molecular flexibility index (Phi) is 4.94. The molecule has 0 atom stereocenters. The summed E-state index contributed by atoms with van der Waals surface area (Å²) in [6.45, 7) is 1.41. The minimum Gasteiger partial charge on any atom is -0.358 e. The summed E-state index contributed by atoms with van der Waals surface area (Å²) in [5, 5.41) is 2.71. The van der Waals surface area contributed by atoms with Gasteiger partial charge in [-0.2, -0.15) is 0 Å². The van der Waals surface area contributed by atoms with Gasteiger partial charge in [-0.05, 0) is 37.5 Å². The lowest BCUT2D eigenvalue weighted by molar-refractivity contribution is -0.109. The van der Waals surface area contributed by atoms with Crippen molar-refractivity contribution in [2.24, 2.45) is 16.8 Å². The van der Waals surface area contributed by atoms with E-state index in [0.717, 1.165) is 38.6 Å². The van der Waals surface area contributed by atoms with Crippen molar-refractivity contribution in [2.45, 2.75) is 25.7 Å². The summed E-state index contributed by atoms with van der Waals surface area (Å²) in [5.74, 6) is 1.15. The molecule has 78 valence electrons. The van der Waals surface area contributed by atoms with Crippen LogP contribution in [0.5, 0.6) is 0 Å². The fraction of sp³-hybridized carbons (Fsp3) is 0.800. The maximum Gasteiger partial charge on any atom is 0.234 e. The van der Waals surface area contributed by atoms with Crippen LogP contribution in [-0.4, -0.2) is 25.6 Å². The number of isocyanates is 1. The van der Waals surface area contributed by atoms with Crippen LogP contribution < -0.4 is 5.32 Å². The molecule has 0 spiro atoms. The fourth-order valence-corrected chi connectivity index (χ4v) is 2.00. The van der Waals surface area contributed by atoms with Gasteiger partial charge in [-0.3, -0.25) is 4.79 Å². The minimum absolute atomic E-state index is 0.545. The highest BCUT2D eigenvalue weighted by molar-refractivity contribution is 5.45. The van der Waals surface area contributed by atoms with Gasteiger partial charge in [-0.25, -0.2) is 9.79 Å². The Morgan fingerprint density at radius 3 is 2.50 bits per heavy atom. The Morgan fingerprint density at radius 1 is 1.29 bits per heavy atom. The van der Waals surface area contributed by atoms with Gasteiger partial charge in [0.05, 0.1) is 6.54 Å². The molecule has 0 saturated heterocycles. The monoisotopic (exact) mass is 196 g/mol. The Balaban J connectivity index is 2.17. The molecule has 0 aromatic heterocycles. The van der Waals surface area contributed by atoms with Crippen molar-refractivity contribution < 1.29 is 9.59 Å². The van der Waals surface area contributed by atoms with Crippen LogP contribution in [0.4, 0.5) is 0 Å². The zero-order chi connectivity index (χ0) is 10.2. The molecule has 4 heteroatoms. The summed E-state index contributed by atoms with van der Waals surface area (Å²) < 4.78 is 0. The quantitative estimate of drug-likeness (QED) is 0.403. The van der Waals surface area contributed by atoms with E-state index in [1.54, 1.807) is 6.08 Å². The first kappa shape index (κ1) is 10.9. The molecule has 1 saturated carbocycles. The van der Waals surface area contributed by atoms with Crippen LogP contribution >= 0.6 is 0 Å². The lowest BCUT2D eigenvalue weighted by Crippen LogP contribution is -2.26. The minimum atomic E-state index is 0.545. The van der Waals surface area contributed by atoms with Crippen molar-refractivity contribution in [3.63, 3.8) is 0 Å². The molecule has 1 N–H and O–H groups in total. The van der Waals surface area contributed by atoms with Crippen molar-refractivity contribution in [1.82, 2.24) is 5.32 Å². The lowest BCUT2D eigenvalue weighted by Gasteiger charge is -2.26. The maximum atomic E-state index is 10.1. The van der Waals surface area contributed by atoms with Gasteiger partial charge in [0, 0.05) is 6.54 Å². The third-order valence-electron chi connectivity index (χ3n) is 2.87. The van der Waals surface area contributed by atoms with Gasteiger partial charge < -0.3 is 5.32 Å². The third kappa shape index (κ3) is 3.71. The first-order valence-corrected chi connectivity index (χ1v) is 5.07. The largest absolute Gasteiger partial charge is 0.358 e. The number of nitrogens with zero attached hydrogens (tertiary/aromatic N) is 1. The van der Waals surface area contributed by atoms with Crippen molar-refractivity contribution in [1.29, 1.82) is 0 Å². The first-order valence-electron chi connectivity index (χ1n) is 5.07. The zero-order valence-corrected chi connectivity index (χ0v) is 8.24. The van der Waals surface area contributed by atoms with E-state index in [1.807, 2.05) is 0 Å². The SMILES string of the molecule is O=C=NCC1CCC(CNC=O)CC1. The number of carbonyl (C=O) groups excluding carboxylic acids is 2.